The van der Waals surface area contributed by atoms with Gasteiger partial charge in [0.15, 0.2) is 0 Å². The molecule has 2 bridgehead atoms. The number of hydrogen-bond acceptors (Lipinski definition) is 2. The third-order valence-electron chi connectivity index (χ3n) is 3.11. The van der Waals surface area contributed by atoms with Crippen molar-refractivity contribution in [1.29, 1.82) is 0 Å². The van der Waals surface area contributed by atoms with E-state index in [1.54, 1.807) is 7.11 Å². The molecule has 0 radical (unpaired) electrons. The molecule has 0 saturated heterocycles. The summed E-state index contributed by atoms with van der Waals surface area (Å²) in [6.45, 7) is 0. The summed E-state index contributed by atoms with van der Waals surface area (Å²) < 4.78 is 5.26. The zero-order chi connectivity index (χ0) is 7.14. The van der Waals surface area contributed by atoms with Crippen LogP contribution in [0.15, 0.2) is 0 Å². The summed E-state index contributed by atoms with van der Waals surface area (Å²) in [5, 5.41) is 9.55. The molecular weight excluding hydrogens is 128 g/mol. The second-order valence-electron chi connectivity index (χ2n) is 3.50. The summed E-state index contributed by atoms with van der Waals surface area (Å²) in [6, 6.07) is 0. The van der Waals surface area contributed by atoms with Crippen molar-refractivity contribution in [2.45, 2.75) is 31.5 Å². The predicted molar refractivity (Wildman–Crippen MR) is 37.6 cm³/mol. The molecule has 0 aromatic rings. The van der Waals surface area contributed by atoms with Gasteiger partial charge in [0, 0.05) is 13.0 Å². The quantitative estimate of drug-likeness (QED) is 0.586. The Morgan fingerprint density at radius 3 is 2.50 bits per heavy atom. The van der Waals surface area contributed by atoms with Crippen LogP contribution in [0, 0.1) is 11.8 Å². The largest absolute Gasteiger partial charge is 0.392 e. The van der Waals surface area contributed by atoms with Crippen LogP contribution in [0.25, 0.3) is 0 Å². The first-order valence-corrected chi connectivity index (χ1v) is 4.04. The second kappa shape index (κ2) is 2.21. The normalized spacial score (nSPS) is 52.2. The smallest absolute Gasteiger partial charge is 0.0627 e. The summed E-state index contributed by atoms with van der Waals surface area (Å²) in [5.74, 6) is 1.00. The molecule has 2 heteroatoms. The van der Waals surface area contributed by atoms with Gasteiger partial charge in [-0.25, -0.2) is 0 Å². The molecule has 1 N–H and O–H groups in total. The molecule has 0 spiro atoms. The van der Waals surface area contributed by atoms with Crippen LogP contribution >= 0.6 is 0 Å². The van der Waals surface area contributed by atoms with Gasteiger partial charge >= 0.3 is 0 Å². The predicted octanol–water partition coefficient (Wildman–Crippen LogP) is 0.792. The van der Waals surface area contributed by atoms with E-state index in [-0.39, 0.29) is 6.10 Å². The molecule has 2 saturated carbocycles. The Kier molecular flexibility index (Phi) is 1.46. The summed E-state index contributed by atoms with van der Waals surface area (Å²) in [7, 11) is 1.75. The van der Waals surface area contributed by atoms with Crippen LogP contribution in [0.1, 0.15) is 19.3 Å². The highest BCUT2D eigenvalue weighted by molar-refractivity contribution is 4.97. The Bertz CT molecular complexity index is 135. The van der Waals surface area contributed by atoms with E-state index in [2.05, 4.69) is 0 Å². The lowest BCUT2D eigenvalue weighted by Gasteiger charge is -2.18. The van der Waals surface area contributed by atoms with Crippen LogP contribution < -0.4 is 0 Å². The first-order valence-electron chi connectivity index (χ1n) is 4.04. The molecule has 0 aliphatic heterocycles. The number of aliphatic hydroxyl groups is 1. The van der Waals surface area contributed by atoms with Crippen molar-refractivity contribution in [3.63, 3.8) is 0 Å². The minimum atomic E-state index is -0.0510. The van der Waals surface area contributed by atoms with Crippen molar-refractivity contribution in [2.75, 3.05) is 7.11 Å². The number of hydrogen-bond donors (Lipinski definition) is 1. The van der Waals surface area contributed by atoms with Gasteiger partial charge in [0.2, 0.25) is 0 Å². The molecule has 58 valence electrons. The molecular formula is C8H14O2. The minimum Gasteiger partial charge on any atom is -0.392 e. The van der Waals surface area contributed by atoms with E-state index in [0.29, 0.717) is 17.9 Å². The van der Waals surface area contributed by atoms with Crippen molar-refractivity contribution in [1.82, 2.24) is 0 Å². The topological polar surface area (TPSA) is 29.5 Å². The second-order valence-corrected chi connectivity index (χ2v) is 3.50. The highest BCUT2D eigenvalue weighted by atomic mass is 16.5. The zero-order valence-corrected chi connectivity index (χ0v) is 6.29. The number of methoxy groups -OCH3 is 1. The Morgan fingerprint density at radius 1 is 1.40 bits per heavy atom. The average molecular weight is 142 g/mol. The van der Waals surface area contributed by atoms with Gasteiger partial charge in [-0.05, 0) is 25.2 Å². The first kappa shape index (κ1) is 6.62. The maximum absolute atomic E-state index is 9.55. The summed E-state index contributed by atoms with van der Waals surface area (Å²) in [6.07, 6.45) is 3.77. The molecule has 2 fully saturated rings. The highest BCUT2D eigenvalue weighted by Gasteiger charge is 2.47. The van der Waals surface area contributed by atoms with E-state index < -0.39 is 0 Å². The van der Waals surface area contributed by atoms with Gasteiger partial charge in [-0.2, -0.15) is 0 Å². The molecule has 4 atom stereocenters. The maximum atomic E-state index is 9.55. The summed E-state index contributed by atoms with van der Waals surface area (Å²) in [5.41, 5.74) is 0. The molecule has 10 heavy (non-hydrogen) atoms. The number of aliphatic hydroxyl groups excluding tert-OH is 1. The van der Waals surface area contributed by atoms with Gasteiger partial charge in [0.1, 0.15) is 0 Å². The van der Waals surface area contributed by atoms with E-state index in [9.17, 15) is 5.11 Å². The third-order valence-corrected chi connectivity index (χ3v) is 3.11. The Morgan fingerprint density at radius 2 is 2.20 bits per heavy atom. The lowest BCUT2D eigenvalue weighted by molar-refractivity contribution is 0.0360. The molecule has 2 aliphatic carbocycles. The lowest BCUT2D eigenvalue weighted by atomic mass is 9.98. The van der Waals surface area contributed by atoms with Crippen LogP contribution in [0.2, 0.25) is 0 Å². The van der Waals surface area contributed by atoms with Gasteiger partial charge in [-0.3, -0.25) is 0 Å². The maximum Gasteiger partial charge on any atom is 0.0627 e. The standard InChI is InChI=1S/C8H14O2/c1-10-7-4-5-2-3-6(7)8(5)9/h5-9H,2-4H2,1H3/t5-,6-,7-,8+/m1/s1. The molecule has 0 aromatic heterocycles. The Labute approximate surface area is 61.2 Å². The molecule has 0 amide bonds. The van der Waals surface area contributed by atoms with Crippen molar-refractivity contribution < 1.29 is 9.84 Å². The van der Waals surface area contributed by atoms with E-state index >= 15 is 0 Å². The fourth-order valence-corrected chi connectivity index (χ4v) is 2.50. The Balaban J connectivity index is 2.08. The number of rotatable bonds is 1. The van der Waals surface area contributed by atoms with Gasteiger partial charge in [-0.15, -0.1) is 0 Å². The SMILES string of the molecule is CO[C@@H]1C[C@H]2CC[C@H]1[C@H]2O. The van der Waals surface area contributed by atoms with Crippen molar-refractivity contribution in [3.8, 4) is 0 Å². The molecule has 0 unspecified atom stereocenters. The van der Waals surface area contributed by atoms with Crippen LogP contribution in [-0.2, 0) is 4.74 Å². The molecule has 2 aliphatic rings. The van der Waals surface area contributed by atoms with Crippen LogP contribution in [0.4, 0.5) is 0 Å². The average Bonchev–Trinajstić information content (AvgIpc) is 2.46. The zero-order valence-electron chi connectivity index (χ0n) is 6.29. The van der Waals surface area contributed by atoms with Crippen LogP contribution in [0.3, 0.4) is 0 Å². The number of fused-ring (bicyclic) bond motifs is 2. The molecule has 0 aromatic carbocycles. The van der Waals surface area contributed by atoms with E-state index in [4.69, 9.17) is 4.74 Å². The lowest BCUT2D eigenvalue weighted by Crippen LogP contribution is -2.21. The van der Waals surface area contributed by atoms with Gasteiger partial charge in [-0.1, -0.05) is 0 Å². The van der Waals surface area contributed by atoms with Crippen molar-refractivity contribution >= 4 is 0 Å². The monoisotopic (exact) mass is 142 g/mol. The summed E-state index contributed by atoms with van der Waals surface area (Å²) >= 11 is 0. The van der Waals surface area contributed by atoms with Gasteiger partial charge < -0.3 is 9.84 Å². The fraction of sp³-hybridized carbons (Fsp3) is 1.00. The fourth-order valence-electron chi connectivity index (χ4n) is 2.50. The third kappa shape index (κ3) is 0.722. The van der Waals surface area contributed by atoms with Crippen LogP contribution in [0.5, 0.6) is 0 Å². The van der Waals surface area contributed by atoms with E-state index in [1.165, 1.54) is 12.8 Å². The molecule has 0 heterocycles. The number of ether oxygens (including phenoxy) is 1. The van der Waals surface area contributed by atoms with Crippen LogP contribution in [-0.4, -0.2) is 24.4 Å². The molecule has 2 rings (SSSR count). The van der Waals surface area contributed by atoms with Crippen molar-refractivity contribution in [3.05, 3.63) is 0 Å². The molecule has 2 nitrogen and oxygen atoms in total. The summed E-state index contributed by atoms with van der Waals surface area (Å²) in [4.78, 5) is 0. The minimum absolute atomic E-state index is 0.0510. The van der Waals surface area contributed by atoms with E-state index in [1.807, 2.05) is 0 Å². The van der Waals surface area contributed by atoms with E-state index in [0.717, 1.165) is 6.42 Å². The van der Waals surface area contributed by atoms with Crippen molar-refractivity contribution in [2.24, 2.45) is 11.8 Å². The first-order chi connectivity index (χ1) is 4.83. The van der Waals surface area contributed by atoms with Gasteiger partial charge in [0.05, 0.1) is 12.2 Å². The highest BCUT2D eigenvalue weighted by Crippen LogP contribution is 2.45. The van der Waals surface area contributed by atoms with Gasteiger partial charge in [0.25, 0.3) is 0 Å². The Hall–Kier alpha value is -0.0800.